The molecule has 110 valence electrons. The van der Waals surface area contributed by atoms with E-state index in [4.69, 9.17) is 11.6 Å². The van der Waals surface area contributed by atoms with Crippen molar-refractivity contribution in [2.24, 2.45) is 5.10 Å². The van der Waals surface area contributed by atoms with Crippen LogP contribution in [0.25, 0.3) is 10.9 Å². The standard InChI is InChI=1S/C16H12ClN3O2/c1-10-19-14-5-3-2-4-13(14)16(22)20(10)18-9-11-8-12(17)6-7-15(11)21/h2-9,21H,1H3/b18-9-. The van der Waals surface area contributed by atoms with Crippen LogP contribution >= 0.6 is 11.6 Å². The number of aromatic hydroxyl groups is 1. The maximum absolute atomic E-state index is 12.4. The second-order valence-electron chi connectivity index (χ2n) is 4.74. The van der Waals surface area contributed by atoms with E-state index in [1.165, 1.54) is 17.0 Å². The Balaban J connectivity index is 2.13. The van der Waals surface area contributed by atoms with Gasteiger partial charge in [-0.2, -0.15) is 9.78 Å². The Kier molecular flexibility index (Phi) is 3.65. The summed E-state index contributed by atoms with van der Waals surface area (Å²) in [5.41, 5.74) is 0.787. The van der Waals surface area contributed by atoms with Crippen molar-refractivity contribution in [2.75, 3.05) is 0 Å². The van der Waals surface area contributed by atoms with E-state index in [1.807, 2.05) is 6.07 Å². The van der Waals surface area contributed by atoms with Crippen LogP contribution in [0, 0.1) is 6.92 Å². The van der Waals surface area contributed by atoms with Crippen LogP contribution in [0.2, 0.25) is 5.02 Å². The molecule has 0 amide bonds. The minimum absolute atomic E-state index is 0.0348. The molecule has 0 aliphatic heterocycles. The molecule has 1 heterocycles. The summed E-state index contributed by atoms with van der Waals surface area (Å²) in [5, 5.41) is 14.9. The number of phenols is 1. The van der Waals surface area contributed by atoms with Crippen molar-refractivity contribution in [1.29, 1.82) is 0 Å². The molecular formula is C16H12ClN3O2. The van der Waals surface area contributed by atoms with Gasteiger partial charge in [-0.3, -0.25) is 4.79 Å². The van der Waals surface area contributed by atoms with Gasteiger partial charge in [0.05, 0.1) is 17.1 Å². The highest BCUT2D eigenvalue weighted by atomic mass is 35.5. The fourth-order valence-corrected chi connectivity index (χ4v) is 2.30. The molecule has 5 nitrogen and oxygen atoms in total. The molecule has 0 aliphatic rings. The van der Waals surface area contributed by atoms with Gasteiger partial charge < -0.3 is 5.11 Å². The normalized spacial score (nSPS) is 11.4. The molecule has 0 fully saturated rings. The van der Waals surface area contributed by atoms with E-state index in [0.29, 0.717) is 27.3 Å². The van der Waals surface area contributed by atoms with Crippen LogP contribution in [-0.4, -0.2) is 21.0 Å². The molecule has 22 heavy (non-hydrogen) atoms. The highest BCUT2D eigenvalue weighted by Crippen LogP contribution is 2.19. The van der Waals surface area contributed by atoms with E-state index in [0.717, 1.165) is 0 Å². The average Bonchev–Trinajstić information content (AvgIpc) is 2.50. The first kappa shape index (κ1) is 14.3. The van der Waals surface area contributed by atoms with E-state index < -0.39 is 0 Å². The van der Waals surface area contributed by atoms with E-state index in [-0.39, 0.29) is 11.3 Å². The minimum Gasteiger partial charge on any atom is -0.507 e. The Morgan fingerprint density at radius 2 is 2.05 bits per heavy atom. The lowest BCUT2D eigenvalue weighted by Gasteiger charge is -2.05. The van der Waals surface area contributed by atoms with Crippen molar-refractivity contribution >= 4 is 28.7 Å². The Labute approximate surface area is 131 Å². The fourth-order valence-electron chi connectivity index (χ4n) is 2.12. The third-order valence-corrected chi connectivity index (χ3v) is 3.45. The van der Waals surface area contributed by atoms with Crippen LogP contribution in [0.1, 0.15) is 11.4 Å². The second kappa shape index (κ2) is 5.61. The first-order valence-electron chi connectivity index (χ1n) is 6.57. The summed E-state index contributed by atoms with van der Waals surface area (Å²) in [7, 11) is 0. The Bertz CT molecular complexity index is 948. The van der Waals surface area contributed by atoms with Gasteiger partial charge >= 0.3 is 0 Å². The number of nitrogens with zero attached hydrogens (tertiary/aromatic N) is 3. The first-order chi connectivity index (χ1) is 10.6. The third-order valence-electron chi connectivity index (χ3n) is 3.22. The monoisotopic (exact) mass is 313 g/mol. The Hall–Kier alpha value is -2.66. The van der Waals surface area contributed by atoms with E-state index >= 15 is 0 Å². The predicted molar refractivity (Wildman–Crippen MR) is 86.8 cm³/mol. The zero-order valence-corrected chi connectivity index (χ0v) is 12.4. The minimum atomic E-state index is -0.263. The predicted octanol–water partition coefficient (Wildman–Crippen LogP) is 2.95. The number of rotatable bonds is 2. The largest absolute Gasteiger partial charge is 0.507 e. The molecule has 1 N–H and O–H groups in total. The molecule has 1 aromatic heterocycles. The second-order valence-corrected chi connectivity index (χ2v) is 5.18. The summed E-state index contributed by atoms with van der Waals surface area (Å²) in [4.78, 5) is 16.8. The first-order valence-corrected chi connectivity index (χ1v) is 6.95. The quantitative estimate of drug-likeness (QED) is 0.740. The molecule has 0 radical (unpaired) electrons. The summed E-state index contributed by atoms with van der Waals surface area (Å²) in [6.07, 6.45) is 1.38. The molecule has 3 aromatic rings. The highest BCUT2D eigenvalue weighted by Gasteiger charge is 2.06. The lowest BCUT2D eigenvalue weighted by atomic mass is 10.2. The molecule has 0 spiro atoms. The van der Waals surface area contributed by atoms with Crippen molar-refractivity contribution in [3.8, 4) is 5.75 Å². The molecule has 3 rings (SSSR count). The van der Waals surface area contributed by atoms with Gasteiger partial charge in [0.25, 0.3) is 5.56 Å². The lowest BCUT2D eigenvalue weighted by Crippen LogP contribution is -2.20. The molecule has 0 saturated carbocycles. The summed E-state index contributed by atoms with van der Waals surface area (Å²) in [5.74, 6) is 0.495. The average molecular weight is 314 g/mol. The van der Waals surface area contributed by atoms with Crippen LogP contribution < -0.4 is 5.56 Å². The van der Waals surface area contributed by atoms with Crippen LogP contribution in [0.15, 0.2) is 52.4 Å². The van der Waals surface area contributed by atoms with Crippen molar-refractivity contribution in [3.05, 3.63) is 69.2 Å². The van der Waals surface area contributed by atoms with Gasteiger partial charge in [0.15, 0.2) is 0 Å². The van der Waals surface area contributed by atoms with Gasteiger partial charge in [0, 0.05) is 10.6 Å². The van der Waals surface area contributed by atoms with Gasteiger partial charge in [-0.05, 0) is 37.3 Å². The molecule has 0 atom stereocenters. The number of aromatic nitrogens is 2. The van der Waals surface area contributed by atoms with Gasteiger partial charge in [0.2, 0.25) is 0 Å². The number of halogens is 1. The number of hydrogen-bond donors (Lipinski definition) is 1. The molecule has 0 unspecified atom stereocenters. The van der Waals surface area contributed by atoms with Crippen molar-refractivity contribution in [3.63, 3.8) is 0 Å². The van der Waals surface area contributed by atoms with Crippen LogP contribution in [0.4, 0.5) is 0 Å². The number of para-hydroxylation sites is 1. The van der Waals surface area contributed by atoms with Gasteiger partial charge in [-0.25, -0.2) is 4.98 Å². The van der Waals surface area contributed by atoms with Gasteiger partial charge in [-0.1, -0.05) is 23.7 Å². The lowest BCUT2D eigenvalue weighted by molar-refractivity contribution is 0.474. The Morgan fingerprint density at radius 1 is 1.27 bits per heavy atom. The van der Waals surface area contributed by atoms with Crippen LogP contribution in [-0.2, 0) is 0 Å². The zero-order valence-electron chi connectivity index (χ0n) is 11.7. The number of fused-ring (bicyclic) bond motifs is 1. The summed E-state index contributed by atoms with van der Waals surface area (Å²) < 4.78 is 1.20. The van der Waals surface area contributed by atoms with Gasteiger partial charge in [0.1, 0.15) is 11.6 Å². The maximum atomic E-state index is 12.4. The Morgan fingerprint density at radius 3 is 2.86 bits per heavy atom. The summed E-state index contributed by atoms with van der Waals surface area (Å²) >= 11 is 5.89. The van der Waals surface area contributed by atoms with Crippen LogP contribution in [0.5, 0.6) is 5.75 Å². The maximum Gasteiger partial charge on any atom is 0.282 e. The van der Waals surface area contributed by atoms with Crippen molar-refractivity contribution in [2.45, 2.75) is 6.92 Å². The number of hydrogen-bond acceptors (Lipinski definition) is 4. The highest BCUT2D eigenvalue weighted by molar-refractivity contribution is 6.30. The molecule has 2 aromatic carbocycles. The number of aryl methyl sites for hydroxylation is 1. The number of phenolic OH excluding ortho intramolecular Hbond substituents is 1. The molecule has 0 bridgehead atoms. The van der Waals surface area contributed by atoms with E-state index in [2.05, 4.69) is 10.1 Å². The van der Waals surface area contributed by atoms with Crippen molar-refractivity contribution < 1.29 is 5.11 Å². The molecule has 0 aliphatic carbocycles. The summed E-state index contributed by atoms with van der Waals surface area (Å²) in [6, 6.07) is 11.7. The fraction of sp³-hybridized carbons (Fsp3) is 0.0625. The topological polar surface area (TPSA) is 67.5 Å². The molecule has 6 heteroatoms. The van der Waals surface area contributed by atoms with E-state index in [1.54, 1.807) is 37.3 Å². The molecular weight excluding hydrogens is 302 g/mol. The zero-order chi connectivity index (χ0) is 15.7. The number of benzene rings is 2. The van der Waals surface area contributed by atoms with E-state index in [9.17, 15) is 9.90 Å². The van der Waals surface area contributed by atoms with Crippen molar-refractivity contribution in [1.82, 2.24) is 9.66 Å². The van der Waals surface area contributed by atoms with Gasteiger partial charge in [-0.15, -0.1) is 0 Å². The third kappa shape index (κ3) is 2.58. The molecule has 0 saturated heterocycles. The smallest absolute Gasteiger partial charge is 0.282 e. The summed E-state index contributed by atoms with van der Waals surface area (Å²) in [6.45, 7) is 1.70. The SMILES string of the molecule is Cc1nc2ccccc2c(=O)n1/N=C\c1cc(Cl)ccc1O. The van der Waals surface area contributed by atoms with Crippen LogP contribution in [0.3, 0.4) is 0 Å².